The van der Waals surface area contributed by atoms with E-state index in [4.69, 9.17) is 0 Å². The maximum atomic E-state index is 12.0. The number of nitrogens with zero attached hydrogens (tertiary/aromatic N) is 1. The van der Waals surface area contributed by atoms with Crippen molar-refractivity contribution in [3.63, 3.8) is 0 Å². The first kappa shape index (κ1) is 25.6. The molecule has 0 aromatic heterocycles. The van der Waals surface area contributed by atoms with Gasteiger partial charge in [0.2, 0.25) is 0 Å². The molecule has 1 fully saturated rings. The van der Waals surface area contributed by atoms with E-state index in [1.54, 1.807) is 0 Å². The lowest BCUT2D eigenvalue weighted by molar-refractivity contribution is -0.0144. The summed E-state index contributed by atoms with van der Waals surface area (Å²) in [5.41, 5.74) is 3.36. The first-order valence-corrected chi connectivity index (χ1v) is 13.3. The number of rotatable bonds is 10. The summed E-state index contributed by atoms with van der Waals surface area (Å²) in [7, 11) is 0. The molecule has 1 heterocycles. The van der Waals surface area contributed by atoms with Gasteiger partial charge in [-0.25, -0.2) is 0 Å². The van der Waals surface area contributed by atoms with Crippen molar-refractivity contribution >= 4 is 0 Å². The predicted molar refractivity (Wildman–Crippen MR) is 144 cm³/mol. The molecule has 1 aliphatic rings. The first-order valence-electron chi connectivity index (χ1n) is 13.3. The Morgan fingerprint density at radius 1 is 0.771 bits per heavy atom. The van der Waals surface area contributed by atoms with Crippen molar-refractivity contribution in [2.75, 3.05) is 19.6 Å². The summed E-state index contributed by atoms with van der Waals surface area (Å²) >= 11 is 0. The quantitative estimate of drug-likeness (QED) is 0.325. The second-order valence-corrected chi connectivity index (χ2v) is 10.4. The van der Waals surface area contributed by atoms with Gasteiger partial charge in [0.15, 0.2) is 0 Å². The van der Waals surface area contributed by atoms with Crippen LogP contribution in [-0.2, 0) is 5.60 Å². The number of aliphatic hydroxyl groups is 2. The number of unbranched alkanes of at least 4 members (excludes halogenated alkanes) is 1. The highest BCUT2D eigenvalue weighted by Crippen LogP contribution is 2.41. The molecule has 4 rings (SSSR count). The van der Waals surface area contributed by atoms with Crippen molar-refractivity contribution in [2.45, 2.75) is 63.6 Å². The van der Waals surface area contributed by atoms with Crippen LogP contribution in [0.25, 0.3) is 0 Å². The molecule has 2 N–H and O–H groups in total. The number of piperidine rings is 1. The van der Waals surface area contributed by atoms with E-state index < -0.39 is 5.60 Å². The molecule has 35 heavy (non-hydrogen) atoms. The molecule has 1 saturated heterocycles. The molecule has 0 saturated carbocycles. The fourth-order valence-corrected chi connectivity index (χ4v) is 5.54. The first-order chi connectivity index (χ1) is 17.0. The lowest BCUT2D eigenvalue weighted by Gasteiger charge is -2.42. The van der Waals surface area contributed by atoms with Gasteiger partial charge in [0.1, 0.15) is 5.60 Å². The van der Waals surface area contributed by atoms with Gasteiger partial charge in [-0.05, 0) is 85.8 Å². The zero-order valence-corrected chi connectivity index (χ0v) is 21.3. The Morgan fingerprint density at radius 2 is 1.29 bits per heavy atom. The van der Waals surface area contributed by atoms with E-state index in [1.807, 2.05) is 36.4 Å². The van der Waals surface area contributed by atoms with Crippen LogP contribution in [0.5, 0.6) is 0 Å². The number of likely N-dealkylation sites (tertiary alicyclic amines) is 1. The topological polar surface area (TPSA) is 43.7 Å². The van der Waals surface area contributed by atoms with Gasteiger partial charge in [0, 0.05) is 0 Å². The second-order valence-electron chi connectivity index (χ2n) is 10.4. The standard InChI is InChI=1S/C32H41NO2/c1-25(2)26-16-18-27(19-17-26)31(34)15-9-10-22-33-23-20-30(21-24-33)32(35,28-11-5-3-6-12-28)29-13-7-4-8-14-29/h3-8,11-14,16-19,25,30-31,34-35H,9-10,15,20-24H2,1-2H3. The largest absolute Gasteiger partial charge is 0.388 e. The zero-order valence-electron chi connectivity index (χ0n) is 21.3. The van der Waals surface area contributed by atoms with Gasteiger partial charge >= 0.3 is 0 Å². The Kier molecular flexibility index (Phi) is 8.78. The van der Waals surface area contributed by atoms with Crippen LogP contribution in [0.15, 0.2) is 84.9 Å². The Bertz CT molecular complexity index is 969. The van der Waals surface area contributed by atoms with Crippen molar-refractivity contribution < 1.29 is 10.2 Å². The fourth-order valence-electron chi connectivity index (χ4n) is 5.54. The van der Waals surface area contributed by atoms with Crippen LogP contribution < -0.4 is 0 Å². The Morgan fingerprint density at radius 3 is 1.80 bits per heavy atom. The molecule has 0 radical (unpaired) electrons. The molecule has 3 nitrogen and oxygen atoms in total. The van der Waals surface area contributed by atoms with E-state index in [1.165, 1.54) is 5.56 Å². The van der Waals surface area contributed by atoms with E-state index in [0.717, 1.165) is 68.4 Å². The maximum absolute atomic E-state index is 12.0. The molecule has 186 valence electrons. The maximum Gasteiger partial charge on any atom is 0.117 e. The summed E-state index contributed by atoms with van der Waals surface area (Å²) in [4.78, 5) is 2.52. The third kappa shape index (κ3) is 6.22. The third-order valence-electron chi connectivity index (χ3n) is 7.80. The average Bonchev–Trinajstić information content (AvgIpc) is 2.92. The van der Waals surface area contributed by atoms with E-state index in [0.29, 0.717) is 5.92 Å². The van der Waals surface area contributed by atoms with E-state index >= 15 is 0 Å². The number of hydrogen-bond donors (Lipinski definition) is 2. The van der Waals surface area contributed by atoms with Crippen LogP contribution in [0, 0.1) is 5.92 Å². The molecule has 1 atom stereocenters. The monoisotopic (exact) mass is 471 g/mol. The fraction of sp³-hybridized carbons (Fsp3) is 0.438. The third-order valence-corrected chi connectivity index (χ3v) is 7.80. The molecule has 0 bridgehead atoms. The molecule has 3 aromatic carbocycles. The highest BCUT2D eigenvalue weighted by atomic mass is 16.3. The molecular weight excluding hydrogens is 430 g/mol. The molecule has 1 aliphatic heterocycles. The van der Waals surface area contributed by atoms with Crippen LogP contribution in [0.4, 0.5) is 0 Å². The lowest BCUT2D eigenvalue weighted by Crippen LogP contribution is -2.44. The highest BCUT2D eigenvalue weighted by Gasteiger charge is 2.41. The SMILES string of the molecule is CC(C)c1ccc(C(O)CCCCN2CCC(C(O)(c3ccccc3)c3ccccc3)CC2)cc1. The molecule has 1 unspecified atom stereocenters. The van der Waals surface area contributed by atoms with E-state index in [-0.39, 0.29) is 12.0 Å². The molecule has 0 amide bonds. The van der Waals surface area contributed by atoms with Crippen LogP contribution in [-0.4, -0.2) is 34.7 Å². The Hall–Kier alpha value is -2.46. The second kappa shape index (κ2) is 12.0. The van der Waals surface area contributed by atoms with E-state index in [9.17, 15) is 10.2 Å². The zero-order chi connectivity index (χ0) is 24.7. The summed E-state index contributed by atoms with van der Waals surface area (Å²) in [6, 6.07) is 28.7. The summed E-state index contributed by atoms with van der Waals surface area (Å²) in [5.74, 6) is 0.709. The summed E-state index contributed by atoms with van der Waals surface area (Å²) in [5, 5.41) is 22.6. The molecular formula is C32H41NO2. The normalized spacial score (nSPS) is 16.5. The molecule has 3 aromatic rings. The highest BCUT2D eigenvalue weighted by molar-refractivity contribution is 5.37. The summed E-state index contributed by atoms with van der Waals surface area (Å²) in [6.07, 6.45) is 4.49. The van der Waals surface area contributed by atoms with Gasteiger partial charge in [-0.1, -0.05) is 98.8 Å². The van der Waals surface area contributed by atoms with Gasteiger partial charge < -0.3 is 15.1 Å². The molecule has 0 spiro atoms. The average molecular weight is 472 g/mol. The predicted octanol–water partition coefficient (Wildman–Crippen LogP) is 6.66. The van der Waals surface area contributed by atoms with Crippen molar-refractivity contribution in [3.05, 3.63) is 107 Å². The molecule has 0 aliphatic carbocycles. The smallest absolute Gasteiger partial charge is 0.117 e. The Balaban J connectivity index is 1.27. The van der Waals surface area contributed by atoms with Crippen molar-refractivity contribution in [1.82, 2.24) is 4.90 Å². The van der Waals surface area contributed by atoms with Gasteiger partial charge in [0.25, 0.3) is 0 Å². The minimum atomic E-state index is -0.955. The minimum Gasteiger partial charge on any atom is -0.388 e. The van der Waals surface area contributed by atoms with Gasteiger partial charge in [0.05, 0.1) is 6.10 Å². The van der Waals surface area contributed by atoms with Crippen LogP contribution in [0.1, 0.15) is 80.2 Å². The summed E-state index contributed by atoms with van der Waals surface area (Å²) < 4.78 is 0. The lowest BCUT2D eigenvalue weighted by atomic mass is 9.72. The minimum absolute atomic E-state index is 0.194. The van der Waals surface area contributed by atoms with Crippen LogP contribution >= 0.6 is 0 Å². The van der Waals surface area contributed by atoms with Gasteiger partial charge in [-0.3, -0.25) is 0 Å². The molecule has 3 heteroatoms. The number of benzene rings is 3. The van der Waals surface area contributed by atoms with Gasteiger partial charge in [-0.15, -0.1) is 0 Å². The van der Waals surface area contributed by atoms with Crippen molar-refractivity contribution in [2.24, 2.45) is 5.92 Å². The number of aliphatic hydroxyl groups excluding tert-OH is 1. The van der Waals surface area contributed by atoms with Crippen LogP contribution in [0.2, 0.25) is 0 Å². The summed E-state index contributed by atoms with van der Waals surface area (Å²) in [6.45, 7) is 7.45. The van der Waals surface area contributed by atoms with Gasteiger partial charge in [-0.2, -0.15) is 0 Å². The van der Waals surface area contributed by atoms with Crippen molar-refractivity contribution in [1.29, 1.82) is 0 Å². The Labute approximate surface area is 211 Å². The van der Waals surface area contributed by atoms with Crippen molar-refractivity contribution in [3.8, 4) is 0 Å². The van der Waals surface area contributed by atoms with Crippen LogP contribution in [0.3, 0.4) is 0 Å². The van der Waals surface area contributed by atoms with E-state index in [2.05, 4.69) is 67.3 Å². The number of hydrogen-bond acceptors (Lipinski definition) is 3.